The second kappa shape index (κ2) is 9.18. The molecule has 0 spiro atoms. The van der Waals surface area contributed by atoms with Crippen molar-refractivity contribution in [2.24, 2.45) is 5.73 Å². The molecule has 0 radical (unpaired) electrons. The number of hydrogen-bond donors (Lipinski definition) is 1. The van der Waals surface area contributed by atoms with Crippen LogP contribution in [-0.2, 0) is 0 Å². The van der Waals surface area contributed by atoms with Crippen LogP contribution in [0.4, 0.5) is 5.82 Å². The fourth-order valence-electron chi connectivity index (χ4n) is 3.53. The van der Waals surface area contributed by atoms with Gasteiger partial charge in [-0.05, 0) is 60.7 Å². The fourth-order valence-corrected chi connectivity index (χ4v) is 3.53. The molecular weight excluding hydrogens is 406 g/mol. The van der Waals surface area contributed by atoms with E-state index < -0.39 is 5.91 Å². The number of hydrogen-bond acceptors (Lipinski definition) is 6. The van der Waals surface area contributed by atoms with Crippen molar-refractivity contribution in [2.45, 2.75) is 0 Å². The van der Waals surface area contributed by atoms with Crippen molar-refractivity contribution in [3.8, 4) is 17.6 Å². The zero-order chi connectivity index (χ0) is 22.5. The molecule has 1 fully saturated rings. The third-order valence-electron chi connectivity index (χ3n) is 5.25. The number of nitrogens with two attached hydrogens (primary N) is 1. The summed E-state index contributed by atoms with van der Waals surface area (Å²) in [4.78, 5) is 32.2. The minimum Gasteiger partial charge on any atom is -0.457 e. The Morgan fingerprint density at radius 1 is 0.906 bits per heavy atom. The van der Waals surface area contributed by atoms with Gasteiger partial charge in [0.2, 0.25) is 5.91 Å². The fraction of sp³-hybridized carbons (Fsp3) is 0.167. The van der Waals surface area contributed by atoms with Crippen LogP contribution in [0.15, 0.2) is 66.9 Å². The van der Waals surface area contributed by atoms with Crippen LogP contribution in [-0.4, -0.2) is 47.9 Å². The summed E-state index contributed by atoms with van der Waals surface area (Å²) in [6.45, 7) is 2.31. The van der Waals surface area contributed by atoms with Gasteiger partial charge in [-0.1, -0.05) is 0 Å². The van der Waals surface area contributed by atoms with E-state index in [0.717, 1.165) is 0 Å². The molecule has 0 unspecified atom stereocenters. The highest BCUT2D eigenvalue weighted by atomic mass is 16.5. The molecular formula is C24H21N5O3. The van der Waals surface area contributed by atoms with Crippen LogP contribution in [0.3, 0.4) is 0 Å². The molecule has 160 valence electrons. The molecule has 1 aliphatic rings. The normalized spacial score (nSPS) is 13.3. The van der Waals surface area contributed by atoms with Crippen LogP contribution in [0.25, 0.3) is 0 Å². The summed E-state index contributed by atoms with van der Waals surface area (Å²) >= 11 is 0. The molecule has 0 atom stereocenters. The van der Waals surface area contributed by atoms with Crippen molar-refractivity contribution in [1.82, 2.24) is 9.88 Å². The lowest BCUT2D eigenvalue weighted by atomic mass is 10.1. The Balaban J connectivity index is 1.36. The lowest BCUT2D eigenvalue weighted by Crippen LogP contribution is -2.49. The van der Waals surface area contributed by atoms with Gasteiger partial charge >= 0.3 is 0 Å². The highest BCUT2D eigenvalue weighted by Gasteiger charge is 2.24. The van der Waals surface area contributed by atoms with Crippen LogP contribution in [0.5, 0.6) is 11.5 Å². The number of aromatic nitrogens is 1. The minimum atomic E-state index is -0.495. The first-order chi connectivity index (χ1) is 15.5. The predicted molar refractivity (Wildman–Crippen MR) is 119 cm³/mol. The molecule has 4 rings (SSSR count). The van der Waals surface area contributed by atoms with E-state index in [2.05, 4.69) is 11.1 Å². The van der Waals surface area contributed by atoms with Crippen LogP contribution in [0, 0.1) is 11.3 Å². The van der Waals surface area contributed by atoms with Crippen molar-refractivity contribution in [3.63, 3.8) is 0 Å². The van der Waals surface area contributed by atoms with E-state index in [1.807, 2.05) is 4.90 Å². The van der Waals surface area contributed by atoms with Gasteiger partial charge < -0.3 is 20.3 Å². The molecule has 1 aromatic heterocycles. The summed E-state index contributed by atoms with van der Waals surface area (Å²) < 4.78 is 5.76. The molecule has 8 heteroatoms. The molecule has 2 aromatic carbocycles. The number of pyridine rings is 1. The molecule has 8 nitrogen and oxygen atoms in total. The Hall–Kier alpha value is -4.38. The summed E-state index contributed by atoms with van der Waals surface area (Å²) in [6, 6.07) is 19.1. The summed E-state index contributed by atoms with van der Waals surface area (Å²) in [5, 5.41) is 9.28. The lowest BCUT2D eigenvalue weighted by Gasteiger charge is -2.35. The summed E-state index contributed by atoms with van der Waals surface area (Å²) in [5.41, 5.74) is 6.76. The van der Waals surface area contributed by atoms with Gasteiger partial charge in [-0.2, -0.15) is 5.26 Å². The standard InChI is InChI=1S/C24H21N5O3/c25-16-19-2-1-11-27-23(19)28-12-14-29(15-13-28)24(31)18-5-9-21(10-6-18)32-20-7-3-17(4-8-20)22(26)30/h1-11H,12-15H2,(H2,26,30). The van der Waals surface area contributed by atoms with Gasteiger partial charge in [-0.25, -0.2) is 4.98 Å². The molecule has 1 aliphatic heterocycles. The zero-order valence-electron chi connectivity index (χ0n) is 17.3. The number of primary amides is 1. The van der Waals surface area contributed by atoms with Crippen molar-refractivity contribution >= 4 is 17.6 Å². The zero-order valence-corrected chi connectivity index (χ0v) is 17.3. The molecule has 0 saturated carbocycles. The predicted octanol–water partition coefficient (Wildman–Crippen LogP) is 2.81. The summed E-state index contributed by atoms with van der Waals surface area (Å²) in [6.07, 6.45) is 1.67. The topological polar surface area (TPSA) is 113 Å². The number of benzene rings is 2. The van der Waals surface area contributed by atoms with E-state index in [-0.39, 0.29) is 5.91 Å². The van der Waals surface area contributed by atoms with Crippen molar-refractivity contribution < 1.29 is 14.3 Å². The van der Waals surface area contributed by atoms with Crippen LogP contribution in [0.1, 0.15) is 26.3 Å². The number of rotatable bonds is 5. The quantitative estimate of drug-likeness (QED) is 0.670. The molecule has 2 N–H and O–H groups in total. The molecule has 3 aromatic rings. The third-order valence-corrected chi connectivity index (χ3v) is 5.25. The second-order valence-electron chi connectivity index (χ2n) is 7.28. The van der Waals surface area contributed by atoms with Crippen LogP contribution >= 0.6 is 0 Å². The Morgan fingerprint density at radius 2 is 1.50 bits per heavy atom. The van der Waals surface area contributed by atoms with Gasteiger partial charge in [0.25, 0.3) is 5.91 Å². The lowest BCUT2D eigenvalue weighted by molar-refractivity contribution is 0.0746. The van der Waals surface area contributed by atoms with Gasteiger partial charge in [0.1, 0.15) is 23.4 Å². The van der Waals surface area contributed by atoms with E-state index in [4.69, 9.17) is 10.5 Å². The smallest absolute Gasteiger partial charge is 0.253 e. The molecule has 2 heterocycles. The number of piperazine rings is 1. The van der Waals surface area contributed by atoms with E-state index in [1.165, 1.54) is 0 Å². The number of anilines is 1. The average Bonchev–Trinajstić information content (AvgIpc) is 2.84. The van der Waals surface area contributed by atoms with Crippen molar-refractivity contribution in [1.29, 1.82) is 5.26 Å². The summed E-state index contributed by atoms with van der Waals surface area (Å²) in [7, 11) is 0. The van der Waals surface area contributed by atoms with Crippen molar-refractivity contribution in [2.75, 3.05) is 31.1 Å². The maximum absolute atomic E-state index is 12.9. The van der Waals surface area contributed by atoms with E-state index in [0.29, 0.717) is 60.2 Å². The van der Waals surface area contributed by atoms with Crippen LogP contribution in [0.2, 0.25) is 0 Å². The third kappa shape index (κ3) is 4.52. The van der Waals surface area contributed by atoms with E-state index >= 15 is 0 Å². The average molecular weight is 427 g/mol. The highest BCUT2D eigenvalue weighted by molar-refractivity contribution is 5.94. The maximum atomic E-state index is 12.9. The highest BCUT2D eigenvalue weighted by Crippen LogP contribution is 2.23. The monoisotopic (exact) mass is 427 g/mol. The number of nitrogens with zero attached hydrogens (tertiary/aromatic N) is 4. The van der Waals surface area contributed by atoms with Gasteiger partial charge in [-0.3, -0.25) is 9.59 Å². The first-order valence-electron chi connectivity index (χ1n) is 10.1. The van der Waals surface area contributed by atoms with Crippen molar-refractivity contribution in [3.05, 3.63) is 83.6 Å². The Labute approximate surface area is 185 Å². The number of ether oxygens (including phenoxy) is 1. The minimum absolute atomic E-state index is 0.0523. The Bertz CT molecular complexity index is 1160. The number of carbonyl (C=O) groups excluding carboxylic acids is 2. The second-order valence-corrected chi connectivity index (χ2v) is 7.28. The molecule has 2 amide bonds. The Morgan fingerprint density at radius 3 is 2.06 bits per heavy atom. The maximum Gasteiger partial charge on any atom is 0.253 e. The SMILES string of the molecule is N#Cc1cccnc1N1CCN(C(=O)c2ccc(Oc3ccc(C(N)=O)cc3)cc2)CC1. The number of nitriles is 1. The molecule has 1 saturated heterocycles. The molecule has 32 heavy (non-hydrogen) atoms. The number of carbonyl (C=O) groups is 2. The van der Waals surface area contributed by atoms with Gasteiger partial charge in [-0.15, -0.1) is 0 Å². The van der Waals surface area contributed by atoms with Gasteiger partial charge in [0.15, 0.2) is 0 Å². The first-order valence-corrected chi connectivity index (χ1v) is 10.1. The molecule has 0 bridgehead atoms. The largest absolute Gasteiger partial charge is 0.457 e. The Kier molecular flexibility index (Phi) is 5.99. The molecule has 0 aliphatic carbocycles. The first kappa shape index (κ1) is 20.9. The summed E-state index contributed by atoms with van der Waals surface area (Å²) in [5.74, 6) is 1.26. The van der Waals surface area contributed by atoms with Gasteiger partial charge in [0, 0.05) is 43.5 Å². The van der Waals surface area contributed by atoms with Crippen LogP contribution < -0.4 is 15.4 Å². The van der Waals surface area contributed by atoms with E-state index in [9.17, 15) is 14.9 Å². The van der Waals surface area contributed by atoms with Gasteiger partial charge in [0.05, 0.1) is 5.56 Å². The number of amides is 2. The van der Waals surface area contributed by atoms with E-state index in [1.54, 1.807) is 71.8 Å².